The monoisotopic (exact) mass is 243 g/mol. The van der Waals surface area contributed by atoms with Crippen LogP contribution >= 0.6 is 11.6 Å². The maximum atomic E-state index is 6.17. The van der Waals surface area contributed by atoms with Crippen molar-refractivity contribution in [2.45, 2.75) is 13.3 Å². The summed E-state index contributed by atoms with van der Waals surface area (Å²) >= 11 is 6.17. The molecule has 0 amide bonds. The Morgan fingerprint density at radius 3 is 2.65 bits per heavy atom. The normalized spacial score (nSPS) is 13.3. The number of fused-ring (bicyclic) bond motifs is 1. The zero-order valence-corrected chi connectivity index (χ0v) is 10.5. The number of nitrogens with one attached hydrogen (secondary N) is 1. The second-order valence-electron chi connectivity index (χ2n) is 4.51. The van der Waals surface area contributed by atoms with Crippen LogP contribution < -0.4 is 5.32 Å². The van der Waals surface area contributed by atoms with Gasteiger partial charge in [0, 0.05) is 17.3 Å². The molecule has 2 heteroatoms. The first-order chi connectivity index (χ1) is 8.24. The molecule has 3 rings (SSSR count). The number of rotatable bonds is 1. The van der Waals surface area contributed by atoms with Crippen molar-refractivity contribution < 1.29 is 0 Å². The van der Waals surface area contributed by atoms with E-state index in [4.69, 9.17) is 11.6 Å². The maximum absolute atomic E-state index is 6.17. The van der Waals surface area contributed by atoms with Crippen LogP contribution in [0.4, 0.5) is 5.69 Å². The SMILES string of the molecule is Cc1ccc(-c2ccc3c(c2)NCC3)cc1Cl. The van der Waals surface area contributed by atoms with Gasteiger partial charge >= 0.3 is 0 Å². The molecule has 2 aromatic rings. The number of halogens is 1. The summed E-state index contributed by atoms with van der Waals surface area (Å²) in [5.74, 6) is 0. The van der Waals surface area contributed by atoms with E-state index in [-0.39, 0.29) is 0 Å². The van der Waals surface area contributed by atoms with Crippen LogP contribution in [0.2, 0.25) is 5.02 Å². The van der Waals surface area contributed by atoms with E-state index < -0.39 is 0 Å². The highest BCUT2D eigenvalue weighted by Crippen LogP contribution is 2.30. The molecular formula is C15H14ClN. The summed E-state index contributed by atoms with van der Waals surface area (Å²) < 4.78 is 0. The fourth-order valence-corrected chi connectivity index (χ4v) is 2.42. The standard InChI is InChI=1S/C15H14ClN/c1-10-2-3-12(8-14(10)16)13-5-4-11-6-7-17-15(11)9-13/h2-5,8-9,17H,6-7H2,1H3. The van der Waals surface area contributed by atoms with E-state index in [2.05, 4.69) is 35.6 Å². The molecule has 0 radical (unpaired) electrons. The minimum atomic E-state index is 0.830. The van der Waals surface area contributed by atoms with Gasteiger partial charge < -0.3 is 5.32 Å². The van der Waals surface area contributed by atoms with Gasteiger partial charge in [0.25, 0.3) is 0 Å². The molecule has 0 aromatic heterocycles. The number of hydrogen-bond acceptors (Lipinski definition) is 1. The Hall–Kier alpha value is -1.47. The molecule has 0 saturated carbocycles. The molecule has 2 aromatic carbocycles. The Morgan fingerprint density at radius 2 is 1.82 bits per heavy atom. The lowest BCUT2D eigenvalue weighted by Crippen LogP contribution is -1.91. The van der Waals surface area contributed by atoms with E-state index in [0.717, 1.165) is 23.6 Å². The molecule has 0 saturated heterocycles. The summed E-state index contributed by atoms with van der Waals surface area (Å²) in [5, 5.41) is 4.23. The summed E-state index contributed by atoms with van der Waals surface area (Å²) in [7, 11) is 0. The van der Waals surface area contributed by atoms with Crippen LogP contribution in [0.5, 0.6) is 0 Å². The second kappa shape index (κ2) is 4.08. The van der Waals surface area contributed by atoms with E-state index in [1.807, 2.05) is 13.0 Å². The Balaban J connectivity index is 2.06. The van der Waals surface area contributed by atoms with Crippen LogP contribution in [-0.2, 0) is 6.42 Å². The van der Waals surface area contributed by atoms with Crippen LogP contribution in [0, 0.1) is 6.92 Å². The van der Waals surface area contributed by atoms with Gasteiger partial charge in [-0.3, -0.25) is 0 Å². The molecule has 1 heterocycles. The summed E-state index contributed by atoms with van der Waals surface area (Å²) in [6.07, 6.45) is 1.13. The Labute approximate surface area is 106 Å². The molecule has 0 fully saturated rings. The zero-order chi connectivity index (χ0) is 11.8. The van der Waals surface area contributed by atoms with Crippen molar-refractivity contribution in [3.05, 3.63) is 52.5 Å². The fourth-order valence-electron chi connectivity index (χ4n) is 2.24. The number of hydrogen-bond donors (Lipinski definition) is 1. The quantitative estimate of drug-likeness (QED) is 0.788. The van der Waals surface area contributed by atoms with Crippen molar-refractivity contribution in [3.8, 4) is 11.1 Å². The third-order valence-corrected chi connectivity index (χ3v) is 3.73. The second-order valence-corrected chi connectivity index (χ2v) is 4.92. The smallest absolute Gasteiger partial charge is 0.0441 e. The van der Waals surface area contributed by atoms with Gasteiger partial charge in [-0.25, -0.2) is 0 Å². The van der Waals surface area contributed by atoms with Gasteiger partial charge in [-0.2, -0.15) is 0 Å². The van der Waals surface area contributed by atoms with Crippen molar-refractivity contribution >= 4 is 17.3 Å². The fraction of sp³-hybridized carbons (Fsp3) is 0.200. The number of aryl methyl sites for hydroxylation is 1. The van der Waals surface area contributed by atoms with E-state index in [9.17, 15) is 0 Å². The molecule has 1 nitrogen and oxygen atoms in total. The van der Waals surface area contributed by atoms with E-state index >= 15 is 0 Å². The van der Waals surface area contributed by atoms with E-state index in [0.29, 0.717) is 0 Å². The van der Waals surface area contributed by atoms with E-state index in [1.165, 1.54) is 22.4 Å². The highest BCUT2D eigenvalue weighted by atomic mass is 35.5. The first-order valence-electron chi connectivity index (χ1n) is 5.87. The average Bonchev–Trinajstić information content (AvgIpc) is 2.79. The van der Waals surface area contributed by atoms with E-state index in [1.54, 1.807) is 0 Å². The zero-order valence-electron chi connectivity index (χ0n) is 9.76. The van der Waals surface area contributed by atoms with Crippen molar-refractivity contribution in [2.24, 2.45) is 0 Å². The minimum absolute atomic E-state index is 0.830. The molecule has 0 spiro atoms. The maximum Gasteiger partial charge on any atom is 0.0441 e. The molecular weight excluding hydrogens is 230 g/mol. The molecule has 1 aliphatic heterocycles. The summed E-state index contributed by atoms with van der Waals surface area (Å²) in [6, 6.07) is 12.8. The highest BCUT2D eigenvalue weighted by molar-refractivity contribution is 6.31. The Kier molecular flexibility index (Phi) is 2.56. The number of anilines is 1. The molecule has 86 valence electrons. The largest absolute Gasteiger partial charge is 0.384 e. The van der Waals surface area contributed by atoms with Crippen LogP contribution in [0.3, 0.4) is 0 Å². The van der Waals surface area contributed by atoms with Crippen molar-refractivity contribution in [3.63, 3.8) is 0 Å². The predicted molar refractivity (Wildman–Crippen MR) is 73.8 cm³/mol. The lowest BCUT2D eigenvalue weighted by molar-refractivity contribution is 1.11. The van der Waals surface area contributed by atoms with Gasteiger partial charge in [-0.1, -0.05) is 35.9 Å². The lowest BCUT2D eigenvalue weighted by atomic mass is 10.0. The topological polar surface area (TPSA) is 12.0 Å². The van der Waals surface area contributed by atoms with Crippen LogP contribution in [0.1, 0.15) is 11.1 Å². The third kappa shape index (κ3) is 1.91. The van der Waals surface area contributed by atoms with Crippen molar-refractivity contribution in [1.29, 1.82) is 0 Å². The Morgan fingerprint density at radius 1 is 1.06 bits per heavy atom. The Bertz CT molecular complexity index is 575. The summed E-state index contributed by atoms with van der Waals surface area (Å²) in [6.45, 7) is 3.07. The first kappa shape index (κ1) is 10.7. The van der Waals surface area contributed by atoms with Gasteiger partial charge in [-0.05, 0) is 47.7 Å². The van der Waals surface area contributed by atoms with Gasteiger partial charge in [-0.15, -0.1) is 0 Å². The summed E-state index contributed by atoms with van der Waals surface area (Å²) in [5.41, 5.74) is 6.19. The van der Waals surface area contributed by atoms with Crippen LogP contribution in [-0.4, -0.2) is 6.54 Å². The average molecular weight is 244 g/mol. The molecule has 0 bridgehead atoms. The molecule has 17 heavy (non-hydrogen) atoms. The van der Waals surface area contributed by atoms with Gasteiger partial charge in [0.2, 0.25) is 0 Å². The van der Waals surface area contributed by atoms with Crippen LogP contribution in [0.25, 0.3) is 11.1 Å². The molecule has 0 aliphatic carbocycles. The van der Waals surface area contributed by atoms with Gasteiger partial charge in [0.05, 0.1) is 0 Å². The van der Waals surface area contributed by atoms with Crippen molar-refractivity contribution in [2.75, 3.05) is 11.9 Å². The van der Waals surface area contributed by atoms with Crippen molar-refractivity contribution in [1.82, 2.24) is 0 Å². The lowest BCUT2D eigenvalue weighted by Gasteiger charge is -2.07. The summed E-state index contributed by atoms with van der Waals surface area (Å²) in [4.78, 5) is 0. The molecule has 1 N–H and O–H groups in total. The minimum Gasteiger partial charge on any atom is -0.384 e. The molecule has 0 unspecified atom stereocenters. The van der Waals surface area contributed by atoms with Gasteiger partial charge in [0.15, 0.2) is 0 Å². The first-order valence-corrected chi connectivity index (χ1v) is 6.25. The third-order valence-electron chi connectivity index (χ3n) is 3.32. The highest BCUT2D eigenvalue weighted by Gasteiger charge is 2.10. The van der Waals surface area contributed by atoms with Gasteiger partial charge in [0.1, 0.15) is 0 Å². The van der Waals surface area contributed by atoms with Crippen LogP contribution in [0.15, 0.2) is 36.4 Å². The molecule has 1 aliphatic rings. The number of benzene rings is 2. The predicted octanol–water partition coefficient (Wildman–Crippen LogP) is 4.28. The molecule has 0 atom stereocenters.